The van der Waals surface area contributed by atoms with Gasteiger partial charge < -0.3 is 9.64 Å². The summed E-state index contributed by atoms with van der Waals surface area (Å²) in [7, 11) is 0. The van der Waals surface area contributed by atoms with Gasteiger partial charge in [-0.1, -0.05) is 6.07 Å². The van der Waals surface area contributed by atoms with Crippen LogP contribution in [-0.4, -0.2) is 35.7 Å². The molecule has 0 amide bonds. The zero-order valence-electron chi connectivity index (χ0n) is 15.1. The van der Waals surface area contributed by atoms with Crippen molar-refractivity contribution in [2.24, 2.45) is 0 Å². The van der Waals surface area contributed by atoms with Gasteiger partial charge in [-0.25, -0.2) is 0 Å². The maximum atomic E-state index is 12.0. The Morgan fingerprint density at radius 3 is 2.48 bits per heavy atom. The van der Waals surface area contributed by atoms with E-state index in [4.69, 9.17) is 4.74 Å². The zero-order valence-corrected chi connectivity index (χ0v) is 15.1. The highest BCUT2D eigenvalue weighted by Gasteiger charge is 2.09. The van der Waals surface area contributed by atoms with Crippen molar-refractivity contribution in [3.63, 3.8) is 0 Å². The zero-order chi connectivity index (χ0) is 17.5. The molecule has 1 aliphatic heterocycles. The second-order valence-electron chi connectivity index (χ2n) is 6.87. The van der Waals surface area contributed by atoms with Crippen molar-refractivity contribution >= 4 is 0 Å². The van der Waals surface area contributed by atoms with Crippen LogP contribution in [-0.2, 0) is 0 Å². The van der Waals surface area contributed by atoms with Crippen molar-refractivity contribution in [1.29, 1.82) is 0 Å². The van der Waals surface area contributed by atoms with Crippen LogP contribution >= 0.6 is 0 Å². The molecule has 1 aromatic heterocycles. The number of ether oxygens (including phenoxy) is 1. The Morgan fingerprint density at radius 2 is 1.72 bits per heavy atom. The summed E-state index contributed by atoms with van der Waals surface area (Å²) in [6.45, 7) is 6.54. The summed E-state index contributed by atoms with van der Waals surface area (Å²) in [4.78, 5) is 14.5. The normalized spacial score (nSPS) is 14.8. The molecule has 0 radical (unpaired) electrons. The standard InChI is InChI=1S/C21H28N2O2/c1-18-7-12-21(24)23(17-18)19-8-10-20(11-9-19)25-16-6-2-3-13-22-14-4-5-15-22/h7-12,17H,2-6,13-16H2,1H3. The van der Waals surface area contributed by atoms with E-state index in [0.717, 1.165) is 30.0 Å². The van der Waals surface area contributed by atoms with Gasteiger partial charge in [-0.3, -0.25) is 9.36 Å². The summed E-state index contributed by atoms with van der Waals surface area (Å²) < 4.78 is 7.49. The molecule has 25 heavy (non-hydrogen) atoms. The van der Waals surface area contributed by atoms with E-state index < -0.39 is 0 Å². The first-order valence-corrected chi connectivity index (χ1v) is 9.37. The highest BCUT2D eigenvalue weighted by molar-refractivity contribution is 5.38. The van der Waals surface area contributed by atoms with E-state index in [9.17, 15) is 4.79 Å². The second-order valence-corrected chi connectivity index (χ2v) is 6.87. The number of nitrogens with zero attached hydrogens (tertiary/aromatic N) is 2. The van der Waals surface area contributed by atoms with E-state index >= 15 is 0 Å². The third-order valence-electron chi connectivity index (χ3n) is 4.76. The number of rotatable bonds is 8. The van der Waals surface area contributed by atoms with Crippen molar-refractivity contribution in [2.45, 2.75) is 39.0 Å². The molecule has 2 heterocycles. The fourth-order valence-electron chi connectivity index (χ4n) is 3.31. The second kappa shape index (κ2) is 8.86. The number of likely N-dealkylation sites (tertiary alicyclic amines) is 1. The van der Waals surface area contributed by atoms with E-state index in [1.54, 1.807) is 10.6 Å². The molecule has 1 aliphatic rings. The van der Waals surface area contributed by atoms with Crippen LogP contribution in [0, 0.1) is 6.92 Å². The quantitative estimate of drug-likeness (QED) is 0.686. The van der Waals surface area contributed by atoms with Crippen molar-refractivity contribution in [2.75, 3.05) is 26.2 Å². The third-order valence-corrected chi connectivity index (χ3v) is 4.76. The van der Waals surface area contributed by atoms with Crippen molar-refractivity contribution in [3.8, 4) is 11.4 Å². The molecule has 0 saturated carbocycles. The van der Waals surface area contributed by atoms with Gasteiger partial charge in [-0.2, -0.15) is 0 Å². The molecule has 134 valence electrons. The molecule has 0 bridgehead atoms. The van der Waals surface area contributed by atoms with Crippen molar-refractivity contribution < 1.29 is 4.74 Å². The summed E-state index contributed by atoms with van der Waals surface area (Å²) in [5.74, 6) is 0.865. The topological polar surface area (TPSA) is 34.5 Å². The molecule has 4 nitrogen and oxygen atoms in total. The van der Waals surface area contributed by atoms with Gasteiger partial charge in [0.25, 0.3) is 5.56 Å². The summed E-state index contributed by atoms with van der Waals surface area (Å²) in [5.41, 5.74) is 1.91. The lowest BCUT2D eigenvalue weighted by Crippen LogP contribution is -2.20. The molecule has 1 fully saturated rings. The summed E-state index contributed by atoms with van der Waals surface area (Å²) in [6, 6.07) is 11.2. The fourth-order valence-corrected chi connectivity index (χ4v) is 3.31. The average molecular weight is 340 g/mol. The Morgan fingerprint density at radius 1 is 0.960 bits per heavy atom. The SMILES string of the molecule is Cc1ccc(=O)n(-c2ccc(OCCCCCN3CCCC3)cc2)c1. The van der Waals surface area contributed by atoms with E-state index in [1.807, 2.05) is 43.5 Å². The predicted molar refractivity (Wildman–Crippen MR) is 102 cm³/mol. The molecule has 3 rings (SSSR count). The lowest BCUT2D eigenvalue weighted by Gasteiger charge is -2.14. The minimum Gasteiger partial charge on any atom is -0.494 e. The lowest BCUT2D eigenvalue weighted by atomic mass is 10.2. The van der Waals surface area contributed by atoms with Gasteiger partial charge in [-0.05, 0) is 88.5 Å². The predicted octanol–water partition coefficient (Wildman–Crippen LogP) is 3.79. The Kier molecular flexibility index (Phi) is 6.29. The van der Waals surface area contributed by atoms with E-state index in [2.05, 4.69) is 4.90 Å². The Bertz CT molecular complexity index is 715. The molecule has 4 heteroatoms. The highest BCUT2D eigenvalue weighted by atomic mass is 16.5. The lowest BCUT2D eigenvalue weighted by molar-refractivity contribution is 0.290. The van der Waals surface area contributed by atoms with Crippen molar-refractivity contribution in [3.05, 3.63) is 58.5 Å². The molecule has 1 aromatic carbocycles. The first-order valence-electron chi connectivity index (χ1n) is 9.37. The van der Waals surface area contributed by atoms with Crippen LogP contribution in [0.25, 0.3) is 5.69 Å². The van der Waals surface area contributed by atoms with Gasteiger partial charge in [0.05, 0.1) is 6.61 Å². The summed E-state index contributed by atoms with van der Waals surface area (Å²) in [6.07, 6.45) is 8.17. The Labute approximate surface area is 150 Å². The number of hydrogen-bond acceptors (Lipinski definition) is 3. The molecule has 0 spiro atoms. The number of benzene rings is 1. The van der Waals surface area contributed by atoms with Crippen LogP contribution in [0.3, 0.4) is 0 Å². The minimum absolute atomic E-state index is 0.0164. The van der Waals surface area contributed by atoms with Gasteiger partial charge in [0, 0.05) is 18.0 Å². The molecule has 0 unspecified atom stereocenters. The highest BCUT2D eigenvalue weighted by Crippen LogP contribution is 2.15. The van der Waals surface area contributed by atoms with Gasteiger partial charge in [-0.15, -0.1) is 0 Å². The number of aryl methyl sites for hydroxylation is 1. The van der Waals surface area contributed by atoms with Crippen LogP contribution in [0.15, 0.2) is 47.4 Å². The van der Waals surface area contributed by atoms with Crippen LogP contribution in [0.5, 0.6) is 5.75 Å². The van der Waals surface area contributed by atoms with Gasteiger partial charge >= 0.3 is 0 Å². The summed E-state index contributed by atoms with van der Waals surface area (Å²) >= 11 is 0. The molecule has 0 aliphatic carbocycles. The number of unbranched alkanes of at least 4 members (excludes halogenated alkanes) is 2. The van der Waals surface area contributed by atoms with Gasteiger partial charge in [0.2, 0.25) is 0 Å². The molecular formula is C21H28N2O2. The molecule has 0 atom stereocenters. The number of pyridine rings is 1. The van der Waals surface area contributed by atoms with E-state index in [0.29, 0.717) is 0 Å². The largest absolute Gasteiger partial charge is 0.494 e. The first-order chi connectivity index (χ1) is 12.2. The molecule has 1 saturated heterocycles. The maximum Gasteiger partial charge on any atom is 0.255 e. The monoisotopic (exact) mass is 340 g/mol. The number of hydrogen-bond donors (Lipinski definition) is 0. The molecule has 2 aromatic rings. The van der Waals surface area contributed by atoms with Crippen LogP contribution in [0.2, 0.25) is 0 Å². The smallest absolute Gasteiger partial charge is 0.255 e. The van der Waals surface area contributed by atoms with Crippen molar-refractivity contribution in [1.82, 2.24) is 9.47 Å². The first kappa shape index (κ1) is 17.7. The molecular weight excluding hydrogens is 312 g/mol. The van der Waals surface area contributed by atoms with E-state index in [1.165, 1.54) is 45.3 Å². The summed E-state index contributed by atoms with van der Waals surface area (Å²) in [5, 5.41) is 0. The maximum absolute atomic E-state index is 12.0. The van der Waals surface area contributed by atoms with Gasteiger partial charge in [0.15, 0.2) is 0 Å². The Balaban J connectivity index is 1.41. The minimum atomic E-state index is -0.0164. The van der Waals surface area contributed by atoms with Crippen LogP contribution < -0.4 is 10.3 Å². The van der Waals surface area contributed by atoms with E-state index in [-0.39, 0.29) is 5.56 Å². The average Bonchev–Trinajstić information content (AvgIpc) is 3.14. The van der Waals surface area contributed by atoms with Crippen LogP contribution in [0.1, 0.15) is 37.7 Å². The van der Waals surface area contributed by atoms with Crippen LogP contribution in [0.4, 0.5) is 0 Å². The molecule has 0 N–H and O–H groups in total. The Hall–Kier alpha value is -2.07. The third kappa shape index (κ3) is 5.20. The fraction of sp³-hybridized carbons (Fsp3) is 0.476. The van der Waals surface area contributed by atoms with Gasteiger partial charge in [0.1, 0.15) is 5.75 Å². The number of aromatic nitrogens is 1.